The normalized spacial score (nSPS) is 20.8. The molecule has 0 radical (unpaired) electrons. The smallest absolute Gasteiger partial charge is 0.133 e. The highest BCUT2D eigenvalue weighted by Crippen LogP contribution is 2.17. The maximum atomic E-state index is 11.0. The van der Waals surface area contributed by atoms with Crippen LogP contribution in [0.1, 0.15) is 19.8 Å². The summed E-state index contributed by atoms with van der Waals surface area (Å²) in [6.45, 7) is 8.47. The van der Waals surface area contributed by atoms with Crippen LogP contribution in [-0.4, -0.2) is 30.3 Å². The van der Waals surface area contributed by atoms with Gasteiger partial charge in [0.15, 0.2) is 0 Å². The van der Waals surface area contributed by atoms with Gasteiger partial charge in [0.05, 0.1) is 0 Å². The number of hydrogen-bond donors (Lipinski definition) is 0. The Morgan fingerprint density at radius 2 is 2.17 bits per heavy atom. The Hall–Kier alpha value is -0.630. The topological polar surface area (TPSA) is 20.3 Å². The first-order chi connectivity index (χ1) is 5.74. The van der Waals surface area contributed by atoms with Crippen LogP contribution in [0.3, 0.4) is 0 Å². The Morgan fingerprint density at radius 3 is 2.58 bits per heavy atom. The quantitative estimate of drug-likeness (QED) is 0.593. The fourth-order valence-corrected chi connectivity index (χ4v) is 1.70. The molecule has 0 atom stereocenters. The predicted molar refractivity (Wildman–Crippen MR) is 50.0 cm³/mol. The average molecular weight is 167 g/mol. The molecule has 2 heteroatoms. The number of likely N-dealkylation sites (tertiary alicyclic amines) is 1. The molecule has 0 aliphatic carbocycles. The van der Waals surface area contributed by atoms with Crippen LogP contribution in [-0.2, 0) is 4.79 Å². The van der Waals surface area contributed by atoms with E-state index in [1.807, 2.05) is 6.08 Å². The minimum Gasteiger partial charge on any atom is -0.300 e. The van der Waals surface area contributed by atoms with Crippen molar-refractivity contribution in [2.75, 3.05) is 19.6 Å². The lowest BCUT2D eigenvalue weighted by Gasteiger charge is -2.29. The number of Topliss-reactive ketones (excluding diaryl/α,β-unsaturated/α-hetero) is 1. The molecule has 0 amide bonds. The molecule has 1 aliphatic rings. The second-order valence-corrected chi connectivity index (χ2v) is 3.47. The highest BCUT2D eigenvalue weighted by Gasteiger charge is 2.20. The van der Waals surface area contributed by atoms with Crippen molar-refractivity contribution >= 4 is 5.78 Å². The molecule has 0 aromatic carbocycles. The first-order valence-electron chi connectivity index (χ1n) is 4.57. The van der Waals surface area contributed by atoms with Crippen molar-refractivity contribution < 1.29 is 4.79 Å². The summed E-state index contributed by atoms with van der Waals surface area (Å²) in [5.74, 6) is 0.680. The highest BCUT2D eigenvalue weighted by atomic mass is 16.1. The molecule has 0 N–H and O–H groups in total. The fraction of sp³-hybridized carbons (Fsp3) is 0.700. The molecule has 12 heavy (non-hydrogen) atoms. The third-order valence-corrected chi connectivity index (χ3v) is 2.55. The number of nitrogens with zero attached hydrogens (tertiary/aromatic N) is 1. The zero-order chi connectivity index (χ0) is 8.97. The molecule has 1 aliphatic heterocycles. The Morgan fingerprint density at radius 1 is 1.58 bits per heavy atom. The average Bonchev–Trinajstić information content (AvgIpc) is 2.06. The maximum Gasteiger partial charge on any atom is 0.133 e. The lowest BCUT2D eigenvalue weighted by molar-refractivity contribution is -0.122. The summed E-state index contributed by atoms with van der Waals surface area (Å²) in [4.78, 5) is 13.4. The Labute approximate surface area is 74.2 Å². The van der Waals surface area contributed by atoms with E-state index in [9.17, 15) is 4.79 Å². The first-order valence-corrected chi connectivity index (χ1v) is 4.57. The maximum absolute atomic E-state index is 11.0. The van der Waals surface area contributed by atoms with Gasteiger partial charge in [0.25, 0.3) is 0 Å². The van der Waals surface area contributed by atoms with E-state index in [0.29, 0.717) is 11.7 Å². The monoisotopic (exact) mass is 167 g/mol. The summed E-state index contributed by atoms with van der Waals surface area (Å²) in [5.41, 5.74) is 0. The van der Waals surface area contributed by atoms with Crippen LogP contribution in [0.4, 0.5) is 0 Å². The number of rotatable bonds is 3. The molecule has 0 bridgehead atoms. The first kappa shape index (κ1) is 9.46. The molecule has 1 heterocycles. The van der Waals surface area contributed by atoms with Gasteiger partial charge in [-0.3, -0.25) is 9.69 Å². The van der Waals surface area contributed by atoms with Crippen LogP contribution in [0.25, 0.3) is 0 Å². The van der Waals surface area contributed by atoms with E-state index < -0.39 is 0 Å². The Kier molecular flexibility index (Phi) is 3.48. The van der Waals surface area contributed by atoms with Gasteiger partial charge < -0.3 is 0 Å². The van der Waals surface area contributed by atoms with Gasteiger partial charge >= 0.3 is 0 Å². The molecule has 0 aromatic rings. The van der Waals surface area contributed by atoms with E-state index in [-0.39, 0.29) is 0 Å². The number of carbonyl (C=O) groups excluding carboxylic acids is 1. The van der Waals surface area contributed by atoms with Gasteiger partial charge in [-0.25, -0.2) is 0 Å². The summed E-state index contributed by atoms with van der Waals surface area (Å²) < 4.78 is 0. The van der Waals surface area contributed by atoms with Crippen molar-refractivity contribution in [2.45, 2.75) is 19.8 Å². The van der Waals surface area contributed by atoms with Crippen LogP contribution in [0, 0.1) is 5.92 Å². The lowest BCUT2D eigenvalue weighted by Crippen LogP contribution is -2.35. The van der Waals surface area contributed by atoms with Gasteiger partial charge in [0, 0.05) is 12.5 Å². The molecular weight excluding hydrogens is 150 g/mol. The minimum absolute atomic E-state index is 0.325. The van der Waals surface area contributed by atoms with Gasteiger partial charge in [-0.15, -0.1) is 6.58 Å². The molecule has 1 rings (SSSR count). The summed E-state index contributed by atoms with van der Waals surface area (Å²) in [6.07, 6.45) is 3.99. The molecule has 68 valence electrons. The molecule has 0 spiro atoms. The zero-order valence-electron chi connectivity index (χ0n) is 7.75. The SMILES string of the molecule is C=CCN1CCC(C(C)=O)CC1. The Balaban J connectivity index is 2.29. The summed E-state index contributed by atoms with van der Waals surface area (Å²) in [5, 5.41) is 0. The number of carbonyl (C=O) groups is 1. The van der Waals surface area contributed by atoms with Crippen molar-refractivity contribution in [3.8, 4) is 0 Å². The van der Waals surface area contributed by atoms with Crippen LogP contribution >= 0.6 is 0 Å². The standard InChI is InChI=1S/C10H17NO/c1-3-6-11-7-4-10(5-8-11)9(2)12/h3,10H,1,4-8H2,2H3. The highest BCUT2D eigenvalue weighted by molar-refractivity contribution is 5.78. The van der Waals surface area contributed by atoms with E-state index in [1.165, 1.54) is 0 Å². The molecule has 2 nitrogen and oxygen atoms in total. The van der Waals surface area contributed by atoms with E-state index in [2.05, 4.69) is 11.5 Å². The Bertz CT molecular complexity index is 169. The number of piperidine rings is 1. The van der Waals surface area contributed by atoms with Gasteiger partial charge in [-0.05, 0) is 32.9 Å². The van der Waals surface area contributed by atoms with Gasteiger partial charge in [-0.2, -0.15) is 0 Å². The van der Waals surface area contributed by atoms with E-state index in [0.717, 1.165) is 32.5 Å². The van der Waals surface area contributed by atoms with Crippen molar-refractivity contribution in [1.82, 2.24) is 4.90 Å². The summed E-state index contributed by atoms with van der Waals surface area (Å²) in [6, 6.07) is 0. The molecular formula is C10H17NO. The zero-order valence-corrected chi connectivity index (χ0v) is 7.75. The van der Waals surface area contributed by atoms with Crippen molar-refractivity contribution in [1.29, 1.82) is 0 Å². The summed E-state index contributed by atoms with van der Waals surface area (Å²) in [7, 11) is 0. The van der Waals surface area contributed by atoms with E-state index >= 15 is 0 Å². The van der Waals surface area contributed by atoms with Crippen molar-refractivity contribution in [3.05, 3.63) is 12.7 Å². The summed E-state index contributed by atoms with van der Waals surface area (Å²) >= 11 is 0. The van der Waals surface area contributed by atoms with E-state index in [4.69, 9.17) is 0 Å². The van der Waals surface area contributed by atoms with Crippen LogP contribution in [0.2, 0.25) is 0 Å². The van der Waals surface area contributed by atoms with Gasteiger partial charge in [0.2, 0.25) is 0 Å². The van der Waals surface area contributed by atoms with Crippen molar-refractivity contribution in [2.24, 2.45) is 5.92 Å². The molecule has 0 aromatic heterocycles. The largest absolute Gasteiger partial charge is 0.300 e. The predicted octanol–water partition coefficient (Wildman–Crippen LogP) is 1.47. The minimum atomic E-state index is 0.325. The van der Waals surface area contributed by atoms with Crippen molar-refractivity contribution in [3.63, 3.8) is 0 Å². The van der Waals surface area contributed by atoms with Crippen LogP contribution in [0.15, 0.2) is 12.7 Å². The van der Waals surface area contributed by atoms with Gasteiger partial charge in [0.1, 0.15) is 5.78 Å². The molecule has 0 unspecified atom stereocenters. The van der Waals surface area contributed by atoms with Crippen LogP contribution < -0.4 is 0 Å². The lowest BCUT2D eigenvalue weighted by atomic mass is 9.93. The third kappa shape index (κ3) is 2.45. The second kappa shape index (κ2) is 4.41. The molecule has 0 saturated carbocycles. The van der Waals surface area contributed by atoms with Gasteiger partial charge in [-0.1, -0.05) is 6.08 Å². The molecule has 1 saturated heterocycles. The molecule has 1 fully saturated rings. The third-order valence-electron chi connectivity index (χ3n) is 2.55. The fourth-order valence-electron chi connectivity index (χ4n) is 1.70. The van der Waals surface area contributed by atoms with E-state index in [1.54, 1.807) is 6.92 Å². The van der Waals surface area contributed by atoms with Crippen LogP contribution in [0.5, 0.6) is 0 Å². The number of hydrogen-bond acceptors (Lipinski definition) is 2. The second-order valence-electron chi connectivity index (χ2n) is 3.47. The number of ketones is 1.